The van der Waals surface area contributed by atoms with Gasteiger partial charge in [-0.2, -0.15) is 0 Å². The summed E-state index contributed by atoms with van der Waals surface area (Å²) in [5, 5.41) is 0. The molecule has 0 spiro atoms. The van der Waals surface area contributed by atoms with Crippen molar-refractivity contribution in [3.63, 3.8) is 0 Å². The van der Waals surface area contributed by atoms with Crippen molar-refractivity contribution in [1.29, 1.82) is 0 Å². The lowest BCUT2D eigenvalue weighted by Gasteiger charge is -2.46. The van der Waals surface area contributed by atoms with Crippen molar-refractivity contribution >= 4 is 57.2 Å². The Kier molecular flexibility index (Phi) is 14.1. The number of anilines is 6. The first-order valence-electron chi connectivity index (χ1n) is 33.4. The molecule has 2 heterocycles. The van der Waals surface area contributed by atoms with Gasteiger partial charge in [-0.15, -0.1) is 0 Å². The summed E-state index contributed by atoms with van der Waals surface area (Å²) in [6.45, 7) is 27.5. The molecule has 0 unspecified atom stereocenters. The molecule has 0 amide bonds. The van der Waals surface area contributed by atoms with Crippen LogP contribution in [0.1, 0.15) is 108 Å². The fourth-order valence-corrected chi connectivity index (χ4v) is 14.0. The van der Waals surface area contributed by atoms with Gasteiger partial charge in [-0.25, -0.2) is 0 Å². The van der Waals surface area contributed by atoms with E-state index in [2.05, 4.69) is 354 Å². The second kappa shape index (κ2) is 22.7. The van der Waals surface area contributed by atoms with Crippen LogP contribution < -0.4 is 26.2 Å². The van der Waals surface area contributed by atoms with Crippen molar-refractivity contribution in [1.82, 2.24) is 0 Å². The summed E-state index contributed by atoms with van der Waals surface area (Å²) < 4.78 is 19.5. The normalized spacial score (nSPS) is 13.3. The lowest BCUT2D eigenvalue weighted by atomic mass is 9.33. The first-order chi connectivity index (χ1) is 44.5. The summed E-state index contributed by atoms with van der Waals surface area (Å²) in [4.78, 5) is 5.21. The van der Waals surface area contributed by atoms with Gasteiger partial charge in [0.1, 0.15) is 0 Å². The van der Waals surface area contributed by atoms with Crippen LogP contribution in [0.25, 0.3) is 77.9 Å². The summed E-state index contributed by atoms with van der Waals surface area (Å²) in [7, 11) is 0. The molecule has 14 rings (SSSR count). The Morgan fingerprint density at radius 3 is 0.945 bits per heavy atom. The molecule has 91 heavy (non-hydrogen) atoms. The highest BCUT2D eigenvalue weighted by Gasteiger charge is 2.46. The fraction of sp³-hybridized carbons (Fsp3) is 0.182. The third-order valence-electron chi connectivity index (χ3n) is 18.9. The molecule has 0 fully saturated rings. The zero-order chi connectivity index (χ0) is 64.9. The van der Waals surface area contributed by atoms with Gasteiger partial charge in [-0.05, 0) is 140 Å². The number of hydrogen-bond acceptors (Lipinski definition) is 2. The Hall–Kier alpha value is -9.70. The summed E-state index contributed by atoms with van der Waals surface area (Å²) in [6, 6.07) is 97.1. The van der Waals surface area contributed by atoms with Gasteiger partial charge in [0.25, 0.3) is 6.71 Å². The van der Waals surface area contributed by atoms with E-state index in [4.69, 9.17) is 0 Å². The van der Waals surface area contributed by atoms with E-state index in [9.17, 15) is 2.74 Å². The molecule has 0 radical (unpaired) electrons. The van der Waals surface area contributed by atoms with Crippen LogP contribution in [0.3, 0.4) is 0 Å². The zero-order valence-corrected chi connectivity index (χ0v) is 54.8. The standard InChI is InChI=1S/C88H81BN2/c1-85(2,3)67-39-25-37-62(51-67)64-45-49-76-78(53-64)90(83-71(58-29-17-13-18-30-58)41-27-42-72(83)59-31-19-14-20-32-59)80-55-66(70-48-47-69(87(7,8)9)57-75(70)88(10,11)12)56-81-82(80)89(76)77-50-46-65(63-38-26-40-68(52-63)86(4,5)6)54-79(77)91(81)84-73(60-33-21-15-22-34-60)43-28-44-74(84)61-35-23-16-24-36-61/h13-57H,1-12H3/i27D,28D. The van der Waals surface area contributed by atoms with Crippen LogP contribution in [0.15, 0.2) is 273 Å². The highest BCUT2D eigenvalue weighted by Crippen LogP contribution is 2.55. The summed E-state index contributed by atoms with van der Waals surface area (Å²) >= 11 is 0. The number of fused-ring (bicyclic) bond motifs is 4. The quantitative estimate of drug-likeness (QED) is 0.133. The van der Waals surface area contributed by atoms with E-state index in [-0.39, 0.29) is 28.4 Å². The van der Waals surface area contributed by atoms with Gasteiger partial charge in [0, 0.05) is 45.0 Å². The van der Waals surface area contributed by atoms with Crippen LogP contribution in [-0.2, 0) is 21.7 Å². The number of para-hydroxylation sites is 2. The molecule has 446 valence electrons. The molecule has 0 aliphatic carbocycles. The fourth-order valence-electron chi connectivity index (χ4n) is 14.0. The van der Waals surface area contributed by atoms with Gasteiger partial charge in [0.2, 0.25) is 0 Å². The monoisotopic (exact) mass is 1180 g/mol. The molecule has 12 aromatic carbocycles. The predicted molar refractivity (Wildman–Crippen MR) is 393 cm³/mol. The molecular weight excluding hydrogens is 1100 g/mol. The maximum atomic E-state index is 9.77. The van der Waals surface area contributed by atoms with Crippen molar-refractivity contribution < 1.29 is 2.74 Å². The molecule has 12 aromatic rings. The summed E-state index contributed by atoms with van der Waals surface area (Å²) in [6.07, 6.45) is 0. The van der Waals surface area contributed by atoms with E-state index in [1.807, 2.05) is 0 Å². The van der Waals surface area contributed by atoms with Crippen molar-refractivity contribution in [3.8, 4) is 77.9 Å². The minimum atomic E-state index is -0.261. The van der Waals surface area contributed by atoms with Crippen molar-refractivity contribution in [2.24, 2.45) is 0 Å². The van der Waals surface area contributed by atoms with Crippen molar-refractivity contribution in [2.75, 3.05) is 9.80 Å². The molecule has 0 saturated carbocycles. The van der Waals surface area contributed by atoms with Gasteiger partial charge in [-0.3, -0.25) is 0 Å². The molecule has 2 nitrogen and oxygen atoms in total. The molecule has 2 aliphatic heterocycles. The second-order valence-corrected chi connectivity index (χ2v) is 29.2. The van der Waals surface area contributed by atoms with Crippen LogP contribution in [0.2, 0.25) is 0 Å². The molecule has 0 aromatic heterocycles. The average Bonchev–Trinajstić information content (AvgIpc) is 0.688. The van der Waals surface area contributed by atoms with E-state index in [1.54, 1.807) is 0 Å². The van der Waals surface area contributed by atoms with E-state index < -0.39 is 0 Å². The highest BCUT2D eigenvalue weighted by atomic mass is 15.2. The van der Waals surface area contributed by atoms with E-state index in [1.165, 1.54) is 44.2 Å². The van der Waals surface area contributed by atoms with Crippen LogP contribution in [0.4, 0.5) is 34.1 Å². The Bertz CT molecular complexity index is 4460. The van der Waals surface area contributed by atoms with Gasteiger partial charge < -0.3 is 9.80 Å². The van der Waals surface area contributed by atoms with Gasteiger partial charge in [0.05, 0.1) is 14.1 Å². The molecular formula is C88H81BN2. The lowest BCUT2D eigenvalue weighted by molar-refractivity contribution is 0.570. The molecule has 0 bridgehead atoms. The van der Waals surface area contributed by atoms with Crippen LogP contribution in [-0.4, -0.2) is 6.71 Å². The Labute approximate surface area is 544 Å². The lowest BCUT2D eigenvalue weighted by Crippen LogP contribution is -2.61. The number of rotatable bonds is 9. The van der Waals surface area contributed by atoms with E-state index in [0.29, 0.717) is 12.1 Å². The first kappa shape index (κ1) is 56.5. The Morgan fingerprint density at radius 2 is 0.593 bits per heavy atom. The second-order valence-electron chi connectivity index (χ2n) is 29.2. The van der Waals surface area contributed by atoms with Gasteiger partial charge in [0.15, 0.2) is 0 Å². The number of nitrogens with zero attached hydrogens (tertiary/aromatic N) is 2. The number of benzene rings is 12. The average molecular weight is 1180 g/mol. The minimum Gasteiger partial charge on any atom is -0.310 e. The van der Waals surface area contributed by atoms with Crippen LogP contribution >= 0.6 is 0 Å². The smallest absolute Gasteiger partial charge is 0.252 e. The third kappa shape index (κ3) is 10.8. The molecule has 2 aliphatic rings. The molecule has 0 N–H and O–H groups in total. The Morgan fingerprint density at radius 1 is 0.264 bits per heavy atom. The first-order valence-corrected chi connectivity index (χ1v) is 32.4. The maximum Gasteiger partial charge on any atom is 0.252 e. The SMILES string of the molecule is [2H]c1cc(-c2ccccc2)c(N2c3cc(-c4cccc(C(C)(C)C)c4)ccc3B3c4ccc(-c5cccc(C(C)(C)C)c5)cc4N(c4c(-c5ccccc5)cc([2H])cc4-c4ccccc4)c4cc(-c5ccc(C(C)(C)C)cc5C(C)(C)C)cc2c43)c(-c2ccccc2)c1. The summed E-state index contributed by atoms with van der Waals surface area (Å²) in [5.41, 5.74) is 29.2. The third-order valence-corrected chi connectivity index (χ3v) is 18.9. The van der Waals surface area contributed by atoms with Crippen LogP contribution in [0, 0.1) is 0 Å². The largest absolute Gasteiger partial charge is 0.310 e. The van der Waals surface area contributed by atoms with Gasteiger partial charge >= 0.3 is 0 Å². The zero-order valence-electron chi connectivity index (χ0n) is 56.8. The molecule has 0 saturated heterocycles. The highest BCUT2D eigenvalue weighted by molar-refractivity contribution is 7.00. The molecule has 0 atom stereocenters. The Balaban J connectivity index is 1.21. The minimum absolute atomic E-state index is 0.0709. The summed E-state index contributed by atoms with van der Waals surface area (Å²) in [5.74, 6) is 0. The van der Waals surface area contributed by atoms with E-state index >= 15 is 0 Å². The van der Waals surface area contributed by atoms with Crippen molar-refractivity contribution in [3.05, 3.63) is 295 Å². The van der Waals surface area contributed by atoms with Crippen molar-refractivity contribution in [2.45, 2.75) is 105 Å². The molecule has 3 heteroatoms. The number of hydrogen-bond donors (Lipinski definition) is 0. The topological polar surface area (TPSA) is 6.48 Å². The van der Waals surface area contributed by atoms with Crippen LogP contribution in [0.5, 0.6) is 0 Å². The van der Waals surface area contributed by atoms with E-state index in [0.717, 1.165) is 106 Å². The maximum absolute atomic E-state index is 9.77. The predicted octanol–water partition coefficient (Wildman–Crippen LogP) is 22.6. The van der Waals surface area contributed by atoms with Gasteiger partial charge in [-0.1, -0.05) is 332 Å².